The van der Waals surface area contributed by atoms with Gasteiger partial charge in [0.05, 0.1) is 17.9 Å². The third-order valence-electron chi connectivity index (χ3n) is 7.13. The fourth-order valence-corrected chi connectivity index (χ4v) is 5.85. The molecule has 3 saturated heterocycles. The largest absolute Gasteiger partial charge is 0.396 e. The van der Waals surface area contributed by atoms with Crippen LogP contribution in [0.5, 0.6) is 0 Å². The van der Waals surface area contributed by atoms with Gasteiger partial charge in [0.25, 0.3) is 0 Å². The third kappa shape index (κ3) is 4.38. The Labute approximate surface area is 195 Å². The summed E-state index contributed by atoms with van der Waals surface area (Å²) in [5.41, 5.74) is -0.274. The lowest BCUT2D eigenvalue weighted by Gasteiger charge is -2.34. The minimum Gasteiger partial charge on any atom is -0.396 e. The number of fused-ring (bicyclic) bond motifs is 1. The molecule has 8 nitrogen and oxygen atoms in total. The number of nitrogens with zero attached hydrogens (tertiary/aromatic N) is 1. The number of aliphatic hydroxyl groups is 1. The van der Waals surface area contributed by atoms with Gasteiger partial charge in [-0.15, -0.1) is 0 Å². The summed E-state index contributed by atoms with van der Waals surface area (Å²) in [6, 6.07) is 8.41. The van der Waals surface area contributed by atoms with Gasteiger partial charge in [0.1, 0.15) is 11.6 Å². The Morgan fingerprint density at radius 1 is 1.15 bits per heavy atom. The van der Waals surface area contributed by atoms with Gasteiger partial charge in [-0.25, -0.2) is 0 Å². The maximum absolute atomic E-state index is 13.7. The molecule has 180 valence electrons. The van der Waals surface area contributed by atoms with Crippen LogP contribution in [0.15, 0.2) is 30.3 Å². The predicted octanol–water partition coefficient (Wildman–Crippen LogP) is 2.08. The zero-order valence-corrected chi connectivity index (χ0v) is 19.5. The first-order valence-electron chi connectivity index (χ1n) is 12.1. The van der Waals surface area contributed by atoms with E-state index >= 15 is 0 Å². The summed E-state index contributed by atoms with van der Waals surface area (Å²) in [7, 11) is 0. The molecule has 2 unspecified atom stereocenters. The molecule has 3 fully saturated rings. The number of aliphatic hydroxyl groups excluding tert-OH is 1. The van der Waals surface area contributed by atoms with Crippen molar-refractivity contribution >= 4 is 23.4 Å². The molecule has 3 heterocycles. The number of anilines is 1. The maximum atomic E-state index is 13.7. The van der Waals surface area contributed by atoms with Crippen molar-refractivity contribution in [1.29, 1.82) is 0 Å². The van der Waals surface area contributed by atoms with Gasteiger partial charge in [0.15, 0.2) is 0 Å². The van der Waals surface area contributed by atoms with E-state index < -0.39 is 23.5 Å². The van der Waals surface area contributed by atoms with Crippen molar-refractivity contribution in [3.05, 3.63) is 30.3 Å². The fraction of sp³-hybridized carbons (Fsp3) is 0.640. The van der Waals surface area contributed by atoms with Crippen LogP contribution in [0.1, 0.15) is 52.4 Å². The molecule has 5 atom stereocenters. The van der Waals surface area contributed by atoms with Crippen molar-refractivity contribution in [3.63, 3.8) is 0 Å². The summed E-state index contributed by atoms with van der Waals surface area (Å²) in [4.78, 5) is 42.0. The monoisotopic (exact) mass is 457 g/mol. The molecule has 0 aliphatic carbocycles. The van der Waals surface area contributed by atoms with Crippen LogP contribution < -0.4 is 10.6 Å². The Morgan fingerprint density at radius 2 is 1.88 bits per heavy atom. The van der Waals surface area contributed by atoms with E-state index in [9.17, 15) is 14.4 Å². The molecule has 0 aromatic heterocycles. The summed E-state index contributed by atoms with van der Waals surface area (Å²) in [5.74, 6) is -1.85. The number of hydrogen-bond acceptors (Lipinski definition) is 5. The highest BCUT2D eigenvalue weighted by molar-refractivity contribution is 6.02. The van der Waals surface area contributed by atoms with Crippen molar-refractivity contribution < 1.29 is 24.2 Å². The average Bonchev–Trinajstić information content (AvgIpc) is 3.41. The van der Waals surface area contributed by atoms with E-state index in [1.54, 1.807) is 4.90 Å². The van der Waals surface area contributed by atoms with E-state index in [0.29, 0.717) is 25.1 Å². The molecule has 3 aliphatic heterocycles. The van der Waals surface area contributed by atoms with Crippen molar-refractivity contribution in [3.8, 4) is 0 Å². The van der Waals surface area contributed by atoms with Gasteiger partial charge in [-0.3, -0.25) is 14.4 Å². The minimum absolute atomic E-state index is 0.0646. The molecule has 4 rings (SSSR count). The Hall–Kier alpha value is -2.45. The quantitative estimate of drug-likeness (QED) is 0.466. The first-order valence-corrected chi connectivity index (χ1v) is 12.1. The zero-order chi connectivity index (χ0) is 23.6. The Kier molecular flexibility index (Phi) is 7.05. The lowest BCUT2D eigenvalue weighted by atomic mass is 9.70. The standard InChI is InChI=1S/C25H35N3O5/c1-16(2)26-23(31)21-25-13-12-18(33-25)19(22(30)27-17-10-6-5-7-11-17)20(25)24(32)28(21)14-8-3-4-9-15-29/h5-7,10-11,16,18-21,29H,3-4,8-9,12-15H2,1-2H3,(H,26,31)(H,27,30)/t18-,19+,20-,21?,25?/m0/s1. The van der Waals surface area contributed by atoms with Crippen LogP contribution in [-0.4, -0.2) is 64.7 Å². The second-order valence-corrected chi connectivity index (χ2v) is 9.74. The Morgan fingerprint density at radius 3 is 2.58 bits per heavy atom. The highest BCUT2D eigenvalue weighted by Crippen LogP contribution is 2.58. The van der Waals surface area contributed by atoms with E-state index in [2.05, 4.69) is 10.6 Å². The molecule has 2 bridgehead atoms. The normalized spacial score (nSPS) is 30.1. The number of ether oxygens (including phenoxy) is 1. The molecule has 33 heavy (non-hydrogen) atoms. The summed E-state index contributed by atoms with van der Waals surface area (Å²) in [5, 5.41) is 14.9. The van der Waals surface area contributed by atoms with Crippen LogP contribution in [-0.2, 0) is 19.1 Å². The van der Waals surface area contributed by atoms with Crippen LogP contribution in [0.2, 0.25) is 0 Å². The fourth-order valence-electron chi connectivity index (χ4n) is 5.85. The highest BCUT2D eigenvalue weighted by atomic mass is 16.5. The smallest absolute Gasteiger partial charge is 0.246 e. The lowest BCUT2D eigenvalue weighted by molar-refractivity contribution is -0.141. The van der Waals surface area contributed by atoms with Gasteiger partial charge in [0, 0.05) is 24.9 Å². The molecule has 8 heteroatoms. The SMILES string of the molecule is CC(C)NC(=O)C1N(CCCCCCO)C(=O)[C@@H]2[C@H](C(=O)Nc3ccccc3)[C@@H]3CCC12O3. The van der Waals surface area contributed by atoms with Crippen molar-refractivity contribution in [1.82, 2.24) is 10.2 Å². The van der Waals surface area contributed by atoms with Crippen molar-refractivity contribution in [2.24, 2.45) is 11.8 Å². The minimum atomic E-state index is -0.954. The van der Waals surface area contributed by atoms with Gasteiger partial charge in [-0.1, -0.05) is 31.0 Å². The van der Waals surface area contributed by atoms with E-state index in [1.165, 1.54) is 0 Å². The van der Waals surface area contributed by atoms with Crippen molar-refractivity contribution in [2.75, 3.05) is 18.5 Å². The number of likely N-dealkylation sites (tertiary alicyclic amines) is 1. The van der Waals surface area contributed by atoms with Crippen LogP contribution in [0, 0.1) is 11.8 Å². The number of amides is 3. The first kappa shape index (κ1) is 23.7. The Bertz CT molecular complexity index is 876. The topological polar surface area (TPSA) is 108 Å². The molecule has 1 aromatic carbocycles. The number of unbranched alkanes of at least 4 members (excludes halogenated alkanes) is 3. The molecule has 0 saturated carbocycles. The molecule has 3 N–H and O–H groups in total. The summed E-state index contributed by atoms with van der Waals surface area (Å²) in [6.45, 7) is 4.39. The number of hydrogen-bond donors (Lipinski definition) is 3. The number of rotatable bonds is 10. The second kappa shape index (κ2) is 9.81. The molecule has 0 radical (unpaired) electrons. The van der Waals surface area contributed by atoms with E-state index in [4.69, 9.17) is 9.84 Å². The van der Waals surface area contributed by atoms with Crippen molar-refractivity contribution in [2.45, 2.75) is 76.2 Å². The molecular formula is C25H35N3O5. The number of benzene rings is 1. The van der Waals surface area contributed by atoms with E-state index in [0.717, 1.165) is 25.7 Å². The van der Waals surface area contributed by atoms with Crippen LogP contribution in [0.4, 0.5) is 5.69 Å². The zero-order valence-electron chi connectivity index (χ0n) is 19.5. The number of nitrogens with one attached hydrogen (secondary N) is 2. The number of para-hydroxylation sites is 1. The van der Waals surface area contributed by atoms with Gasteiger partial charge >= 0.3 is 0 Å². The van der Waals surface area contributed by atoms with Gasteiger partial charge < -0.3 is 25.4 Å². The second-order valence-electron chi connectivity index (χ2n) is 9.74. The lowest BCUT2D eigenvalue weighted by Crippen LogP contribution is -2.56. The van der Waals surface area contributed by atoms with Gasteiger partial charge in [0.2, 0.25) is 17.7 Å². The molecule has 1 aromatic rings. The highest BCUT2D eigenvalue weighted by Gasteiger charge is 2.74. The van der Waals surface area contributed by atoms with Crippen LogP contribution in [0.3, 0.4) is 0 Å². The average molecular weight is 458 g/mol. The predicted molar refractivity (Wildman–Crippen MR) is 123 cm³/mol. The van der Waals surface area contributed by atoms with E-state index in [-0.39, 0.29) is 36.5 Å². The summed E-state index contributed by atoms with van der Waals surface area (Å²) < 4.78 is 6.40. The number of carbonyl (C=O) groups excluding carboxylic acids is 3. The number of carbonyl (C=O) groups is 3. The summed E-state index contributed by atoms with van der Waals surface area (Å²) in [6.07, 6.45) is 4.10. The van der Waals surface area contributed by atoms with Crippen LogP contribution in [0.25, 0.3) is 0 Å². The molecular weight excluding hydrogens is 422 g/mol. The third-order valence-corrected chi connectivity index (χ3v) is 7.13. The van der Waals surface area contributed by atoms with Gasteiger partial charge in [-0.2, -0.15) is 0 Å². The Balaban J connectivity index is 1.58. The molecule has 3 aliphatic rings. The maximum Gasteiger partial charge on any atom is 0.246 e. The van der Waals surface area contributed by atoms with Crippen LogP contribution >= 0.6 is 0 Å². The van der Waals surface area contributed by atoms with Gasteiger partial charge in [-0.05, 0) is 51.7 Å². The first-order chi connectivity index (χ1) is 15.9. The molecule has 1 spiro atoms. The van der Waals surface area contributed by atoms with E-state index in [1.807, 2.05) is 44.2 Å². The summed E-state index contributed by atoms with van der Waals surface area (Å²) >= 11 is 0. The molecule has 3 amide bonds.